The number of aromatic nitrogens is 1. The zero-order chi connectivity index (χ0) is 25.8. The van der Waals surface area contributed by atoms with Crippen LogP contribution in [-0.2, 0) is 25.0 Å². The molecule has 2 aliphatic heterocycles. The number of anilines is 1. The van der Waals surface area contributed by atoms with Gasteiger partial charge in [-0.2, -0.15) is 0 Å². The molecule has 0 saturated carbocycles. The van der Waals surface area contributed by atoms with Gasteiger partial charge in [-0.05, 0) is 77.1 Å². The highest BCUT2D eigenvalue weighted by molar-refractivity contribution is 6.82. The van der Waals surface area contributed by atoms with Crippen LogP contribution < -0.4 is 10.5 Å². The van der Waals surface area contributed by atoms with Gasteiger partial charge in [0, 0.05) is 5.69 Å². The number of nitrogens with zero attached hydrogens (tertiary/aromatic N) is 2. The molecule has 0 radical (unpaired) electrons. The molecule has 0 spiro atoms. The van der Waals surface area contributed by atoms with Crippen LogP contribution in [0.4, 0.5) is 15.3 Å². The Kier molecular flexibility index (Phi) is 5.92. The Balaban J connectivity index is 1.41. The van der Waals surface area contributed by atoms with E-state index < -0.39 is 43.6 Å². The predicted octanol–water partition coefficient (Wildman–Crippen LogP) is 4.56. The smallest absolute Gasteiger partial charge is 0.446 e. The van der Waals surface area contributed by atoms with Crippen molar-refractivity contribution in [1.29, 1.82) is 0 Å². The van der Waals surface area contributed by atoms with Crippen LogP contribution in [0.5, 0.6) is 0 Å². The molecule has 5 rings (SSSR count). The van der Waals surface area contributed by atoms with Crippen LogP contribution >= 0.6 is 0 Å². The van der Waals surface area contributed by atoms with Crippen LogP contribution in [-0.4, -0.2) is 48.1 Å². The molecule has 1 unspecified atom stereocenters. The monoisotopic (exact) mass is 488 g/mol. The number of rotatable bonds is 2. The van der Waals surface area contributed by atoms with Gasteiger partial charge in [-0.1, -0.05) is 36.4 Å². The number of para-hydroxylation sites is 2. The predicted molar refractivity (Wildman–Crippen MR) is 140 cm³/mol. The highest BCUT2D eigenvalue weighted by Gasteiger charge is 2.54. The van der Waals surface area contributed by atoms with Crippen molar-refractivity contribution in [2.75, 3.05) is 4.90 Å². The minimum Gasteiger partial charge on any atom is -0.446 e. The Bertz CT molecular complexity index is 1320. The molecule has 3 aromatic rings. The third-order valence-corrected chi connectivity index (χ3v) is 5.99. The first-order valence-corrected chi connectivity index (χ1v) is 12.2. The summed E-state index contributed by atoms with van der Waals surface area (Å²) >= 11 is 0. The SMILES string of the molecule is CC(C)(C)OC(=O)N1c2ccccc2CC1B1OB(c2cc3ccccc3n2C(=O)OC(C)(C)C)O1. The molecular weight excluding hydrogens is 458 g/mol. The summed E-state index contributed by atoms with van der Waals surface area (Å²) in [5.74, 6) is -0.396. The molecule has 0 aliphatic carbocycles. The van der Waals surface area contributed by atoms with Crippen molar-refractivity contribution in [2.45, 2.75) is 65.1 Å². The van der Waals surface area contributed by atoms with Crippen molar-refractivity contribution >= 4 is 48.6 Å². The number of hydrogen-bond donors (Lipinski definition) is 0. The molecule has 1 amide bonds. The third kappa shape index (κ3) is 4.63. The van der Waals surface area contributed by atoms with E-state index in [0.29, 0.717) is 17.5 Å². The molecule has 8 nitrogen and oxygen atoms in total. The second kappa shape index (κ2) is 8.71. The second-order valence-electron chi connectivity index (χ2n) is 11.2. The number of ether oxygens (including phenoxy) is 2. The summed E-state index contributed by atoms with van der Waals surface area (Å²) in [6.07, 6.45) is -0.379. The van der Waals surface area contributed by atoms with Gasteiger partial charge in [0.2, 0.25) is 0 Å². The maximum atomic E-state index is 13.2. The number of amides is 1. The molecule has 2 aliphatic rings. The minimum absolute atomic E-state index is 0.396. The fourth-order valence-corrected chi connectivity index (χ4v) is 4.61. The van der Waals surface area contributed by atoms with Crippen molar-refractivity contribution in [3.05, 3.63) is 60.2 Å². The number of carbonyl (C=O) groups excluding carboxylic acids is 2. The van der Waals surface area contributed by atoms with E-state index in [1.54, 1.807) is 4.90 Å². The molecule has 0 N–H and O–H groups in total. The summed E-state index contributed by atoms with van der Waals surface area (Å²) in [6.45, 7) is 11.0. The minimum atomic E-state index is -0.779. The Hall–Kier alpha value is -3.23. The number of benzene rings is 2. The Morgan fingerprint density at radius 3 is 2.19 bits per heavy atom. The summed E-state index contributed by atoms with van der Waals surface area (Å²) < 4.78 is 25.2. The van der Waals surface area contributed by atoms with Crippen LogP contribution in [0.2, 0.25) is 0 Å². The molecule has 36 heavy (non-hydrogen) atoms. The largest absolute Gasteiger partial charge is 0.484 e. The number of fused-ring (bicyclic) bond motifs is 2. The Morgan fingerprint density at radius 2 is 1.50 bits per heavy atom. The fourth-order valence-electron chi connectivity index (χ4n) is 4.61. The normalized spacial score (nSPS) is 17.7. The lowest BCUT2D eigenvalue weighted by Gasteiger charge is -2.38. The van der Waals surface area contributed by atoms with Crippen LogP contribution in [0.25, 0.3) is 10.9 Å². The Labute approximate surface area is 211 Å². The van der Waals surface area contributed by atoms with Crippen LogP contribution in [0.3, 0.4) is 0 Å². The average molecular weight is 488 g/mol. The van der Waals surface area contributed by atoms with Gasteiger partial charge in [-0.15, -0.1) is 0 Å². The van der Waals surface area contributed by atoms with E-state index in [4.69, 9.17) is 18.6 Å². The van der Waals surface area contributed by atoms with Crippen LogP contribution in [0.1, 0.15) is 47.1 Å². The molecule has 10 heteroatoms. The van der Waals surface area contributed by atoms with Crippen LogP contribution in [0.15, 0.2) is 54.6 Å². The van der Waals surface area contributed by atoms with Gasteiger partial charge >= 0.3 is 26.4 Å². The van der Waals surface area contributed by atoms with Gasteiger partial charge in [0.25, 0.3) is 0 Å². The topological polar surface area (TPSA) is 79.2 Å². The van der Waals surface area contributed by atoms with Gasteiger partial charge in [0.15, 0.2) is 0 Å². The standard InChI is InChI=1S/C26H30B2N2O6/c1-25(2,3)33-23(31)29-19-13-9-7-11-17(19)15-21(29)27-35-28(36-27)22-16-18-12-8-10-14-20(18)30(22)24(32)34-26(4,5)6/h7-15,22H,16H2,1-6H3. The van der Waals surface area contributed by atoms with E-state index in [9.17, 15) is 9.59 Å². The lowest BCUT2D eigenvalue weighted by atomic mass is 9.61. The molecule has 3 heterocycles. The van der Waals surface area contributed by atoms with E-state index in [1.807, 2.05) is 96.1 Å². The van der Waals surface area contributed by atoms with E-state index in [2.05, 4.69) is 0 Å². The molecule has 2 aromatic carbocycles. The quantitative estimate of drug-likeness (QED) is 0.493. The van der Waals surface area contributed by atoms with E-state index in [-0.39, 0.29) is 0 Å². The third-order valence-electron chi connectivity index (χ3n) is 5.99. The first-order valence-electron chi connectivity index (χ1n) is 12.2. The summed E-state index contributed by atoms with van der Waals surface area (Å²) in [7, 11) is -1.46. The van der Waals surface area contributed by atoms with E-state index in [0.717, 1.165) is 16.6 Å². The molecule has 186 valence electrons. The fraction of sp³-hybridized carbons (Fsp3) is 0.385. The van der Waals surface area contributed by atoms with Gasteiger partial charge in [0.1, 0.15) is 11.2 Å². The zero-order valence-corrected chi connectivity index (χ0v) is 21.5. The lowest BCUT2D eigenvalue weighted by molar-refractivity contribution is 0.0545. The van der Waals surface area contributed by atoms with Crippen LogP contribution in [0, 0.1) is 0 Å². The average Bonchev–Trinajstić information content (AvgIpc) is 3.28. The molecule has 1 saturated heterocycles. The van der Waals surface area contributed by atoms with Crippen molar-refractivity contribution < 1.29 is 28.2 Å². The summed E-state index contributed by atoms with van der Waals surface area (Å²) in [4.78, 5) is 27.9. The highest BCUT2D eigenvalue weighted by atomic mass is 16.7. The van der Waals surface area contributed by atoms with Crippen molar-refractivity contribution in [1.82, 2.24) is 4.57 Å². The van der Waals surface area contributed by atoms with E-state index in [1.165, 1.54) is 4.57 Å². The maximum Gasteiger partial charge on any atom is 0.484 e. The van der Waals surface area contributed by atoms with E-state index >= 15 is 0 Å². The first-order chi connectivity index (χ1) is 16.9. The number of carbonyl (C=O) groups is 2. The molecule has 1 atom stereocenters. The van der Waals surface area contributed by atoms with Crippen molar-refractivity contribution in [2.24, 2.45) is 0 Å². The highest BCUT2D eigenvalue weighted by Crippen LogP contribution is 2.36. The summed E-state index contributed by atoms with van der Waals surface area (Å²) in [6, 6.07) is 17.2. The second-order valence-corrected chi connectivity index (χ2v) is 11.2. The van der Waals surface area contributed by atoms with Gasteiger partial charge in [-0.25, -0.2) is 9.59 Å². The summed E-state index contributed by atoms with van der Waals surface area (Å²) in [5.41, 5.74) is 1.76. The van der Waals surface area contributed by atoms with Gasteiger partial charge < -0.3 is 18.6 Å². The van der Waals surface area contributed by atoms with Gasteiger partial charge in [-0.3, -0.25) is 9.47 Å². The number of hydrogen-bond acceptors (Lipinski definition) is 6. The summed E-state index contributed by atoms with van der Waals surface area (Å²) in [5, 5.41) is 0.873. The molecule has 1 fully saturated rings. The van der Waals surface area contributed by atoms with Crippen molar-refractivity contribution in [3.8, 4) is 0 Å². The molecule has 0 bridgehead atoms. The first kappa shape index (κ1) is 24.5. The lowest BCUT2D eigenvalue weighted by Crippen LogP contribution is -2.66. The Morgan fingerprint density at radius 1 is 0.889 bits per heavy atom. The maximum absolute atomic E-state index is 13.2. The van der Waals surface area contributed by atoms with Gasteiger partial charge in [0.05, 0.1) is 17.1 Å². The molecule has 1 aromatic heterocycles. The van der Waals surface area contributed by atoms with Crippen molar-refractivity contribution in [3.63, 3.8) is 0 Å². The molecular formula is C26H30B2N2O6. The zero-order valence-electron chi connectivity index (χ0n) is 21.5.